The molecule has 0 saturated heterocycles. The van der Waals surface area contributed by atoms with Gasteiger partial charge in [0.05, 0.1) is 15.9 Å². The Kier molecular flexibility index (Phi) is 3.37. The van der Waals surface area contributed by atoms with Crippen LogP contribution in [-0.2, 0) is 0 Å². The van der Waals surface area contributed by atoms with Gasteiger partial charge in [0.2, 0.25) is 6.20 Å². The number of nitro benzene ring substituents is 1. The highest BCUT2D eigenvalue weighted by atomic mass is 16.6. The second-order valence-corrected chi connectivity index (χ2v) is 3.61. The summed E-state index contributed by atoms with van der Waals surface area (Å²) < 4.78 is 5.34. The van der Waals surface area contributed by atoms with Gasteiger partial charge in [-0.3, -0.25) is 20.2 Å². The Labute approximate surface area is 107 Å². The zero-order valence-electron chi connectivity index (χ0n) is 9.55. The summed E-state index contributed by atoms with van der Waals surface area (Å²) >= 11 is 0. The van der Waals surface area contributed by atoms with E-state index < -0.39 is 9.85 Å². The first-order valence-electron chi connectivity index (χ1n) is 5.22. The fraction of sp³-hybridized carbons (Fsp3) is 0. The van der Waals surface area contributed by atoms with Crippen LogP contribution in [0.25, 0.3) is 17.4 Å². The van der Waals surface area contributed by atoms with Gasteiger partial charge >= 0.3 is 0 Å². The van der Waals surface area contributed by atoms with Crippen LogP contribution in [-0.4, -0.2) is 9.85 Å². The molecule has 0 amide bonds. The van der Waals surface area contributed by atoms with E-state index in [1.165, 1.54) is 18.2 Å². The van der Waals surface area contributed by atoms with Crippen molar-refractivity contribution in [3.05, 3.63) is 68.6 Å². The van der Waals surface area contributed by atoms with Crippen LogP contribution >= 0.6 is 0 Å². The second-order valence-electron chi connectivity index (χ2n) is 3.61. The molecule has 0 saturated carbocycles. The Morgan fingerprint density at radius 2 is 1.89 bits per heavy atom. The first-order valence-corrected chi connectivity index (χ1v) is 5.22. The molecule has 0 aliphatic heterocycles. The van der Waals surface area contributed by atoms with Crippen LogP contribution in [0.1, 0.15) is 5.76 Å². The average molecular weight is 260 g/mol. The predicted octanol–water partition coefficient (Wildman–Crippen LogP) is 3.10. The summed E-state index contributed by atoms with van der Waals surface area (Å²) in [5.41, 5.74) is 0.492. The number of hydrogen-bond donors (Lipinski definition) is 0. The Morgan fingerprint density at radius 1 is 1.11 bits per heavy atom. The summed E-state index contributed by atoms with van der Waals surface area (Å²) in [6.45, 7) is 0. The van der Waals surface area contributed by atoms with E-state index in [0.29, 0.717) is 17.1 Å². The van der Waals surface area contributed by atoms with E-state index in [1.807, 2.05) is 0 Å². The molecular formula is C12H8N2O5. The van der Waals surface area contributed by atoms with E-state index in [0.717, 1.165) is 6.20 Å². The summed E-state index contributed by atoms with van der Waals surface area (Å²) in [6.07, 6.45) is 1.97. The topological polar surface area (TPSA) is 99.4 Å². The van der Waals surface area contributed by atoms with Crippen molar-refractivity contribution in [1.82, 2.24) is 0 Å². The van der Waals surface area contributed by atoms with Crippen molar-refractivity contribution in [2.45, 2.75) is 0 Å². The van der Waals surface area contributed by atoms with Gasteiger partial charge in [-0.05, 0) is 12.1 Å². The van der Waals surface area contributed by atoms with Crippen molar-refractivity contribution in [1.29, 1.82) is 0 Å². The molecule has 0 N–H and O–H groups in total. The predicted molar refractivity (Wildman–Crippen MR) is 66.8 cm³/mol. The van der Waals surface area contributed by atoms with Crippen LogP contribution in [0.15, 0.2) is 47.0 Å². The van der Waals surface area contributed by atoms with Crippen molar-refractivity contribution < 1.29 is 14.3 Å². The largest absolute Gasteiger partial charge is 0.457 e. The van der Waals surface area contributed by atoms with Crippen LogP contribution in [0, 0.1) is 20.2 Å². The number of non-ortho nitro benzene ring substituents is 1. The maximum atomic E-state index is 10.7. The smallest absolute Gasteiger partial charge is 0.270 e. The van der Waals surface area contributed by atoms with Crippen LogP contribution in [0.4, 0.5) is 5.69 Å². The fourth-order valence-electron chi connectivity index (χ4n) is 1.50. The summed E-state index contributed by atoms with van der Waals surface area (Å²) in [6, 6.07) is 9.10. The van der Waals surface area contributed by atoms with E-state index >= 15 is 0 Å². The summed E-state index contributed by atoms with van der Waals surface area (Å²) in [5, 5.41) is 20.8. The zero-order valence-corrected chi connectivity index (χ0v) is 9.55. The lowest BCUT2D eigenvalue weighted by atomic mass is 10.1. The number of benzene rings is 1. The Bertz CT molecular complexity index is 660. The highest BCUT2D eigenvalue weighted by Gasteiger charge is 2.09. The lowest BCUT2D eigenvalue weighted by molar-refractivity contribution is -0.401. The third-order valence-electron chi connectivity index (χ3n) is 2.33. The minimum absolute atomic E-state index is 0.0451. The number of furan rings is 1. The maximum absolute atomic E-state index is 10.7. The molecule has 96 valence electrons. The van der Waals surface area contributed by atoms with Crippen LogP contribution < -0.4 is 0 Å². The van der Waals surface area contributed by atoms with Crippen LogP contribution in [0.2, 0.25) is 0 Å². The molecule has 0 aliphatic rings. The Hall–Kier alpha value is -2.96. The van der Waals surface area contributed by atoms with Gasteiger partial charge in [0.15, 0.2) is 0 Å². The molecule has 19 heavy (non-hydrogen) atoms. The third kappa shape index (κ3) is 3.03. The molecule has 7 nitrogen and oxygen atoms in total. The van der Waals surface area contributed by atoms with Gasteiger partial charge in [-0.25, -0.2) is 0 Å². The summed E-state index contributed by atoms with van der Waals surface area (Å²) in [5.74, 6) is 0.713. The third-order valence-corrected chi connectivity index (χ3v) is 2.33. The first kappa shape index (κ1) is 12.5. The fourth-order valence-corrected chi connectivity index (χ4v) is 1.50. The molecule has 0 atom stereocenters. The molecule has 1 heterocycles. The molecule has 2 aromatic rings. The number of nitro groups is 2. The minimum Gasteiger partial charge on any atom is -0.457 e. The van der Waals surface area contributed by atoms with Crippen molar-refractivity contribution in [3.8, 4) is 11.3 Å². The molecule has 0 aliphatic carbocycles. The molecule has 7 heteroatoms. The molecule has 2 rings (SSSR count). The van der Waals surface area contributed by atoms with Gasteiger partial charge < -0.3 is 4.42 Å². The lowest BCUT2D eigenvalue weighted by Gasteiger charge is -1.96. The van der Waals surface area contributed by atoms with Gasteiger partial charge in [-0.15, -0.1) is 0 Å². The Balaban J connectivity index is 2.30. The first-order chi connectivity index (χ1) is 9.06. The molecule has 0 bridgehead atoms. The zero-order chi connectivity index (χ0) is 13.8. The van der Waals surface area contributed by atoms with Gasteiger partial charge in [-0.1, -0.05) is 12.1 Å². The number of rotatable bonds is 4. The van der Waals surface area contributed by atoms with Crippen LogP contribution in [0.5, 0.6) is 0 Å². The van der Waals surface area contributed by atoms with E-state index in [4.69, 9.17) is 4.42 Å². The lowest BCUT2D eigenvalue weighted by Crippen LogP contribution is -1.87. The molecule has 0 spiro atoms. The van der Waals surface area contributed by atoms with E-state index in [1.54, 1.807) is 24.3 Å². The summed E-state index contributed by atoms with van der Waals surface area (Å²) in [4.78, 5) is 19.7. The molecule has 0 radical (unpaired) electrons. The van der Waals surface area contributed by atoms with E-state index in [2.05, 4.69) is 0 Å². The van der Waals surface area contributed by atoms with E-state index in [-0.39, 0.29) is 5.69 Å². The standard InChI is InChI=1S/C12H8N2O5/c15-13(16)7-6-11-4-5-12(19-11)9-2-1-3-10(8-9)14(17)18/h1-8H. The number of hydrogen-bond acceptors (Lipinski definition) is 5. The molecule has 0 fully saturated rings. The van der Waals surface area contributed by atoms with Crippen molar-refractivity contribution in [2.24, 2.45) is 0 Å². The average Bonchev–Trinajstić information content (AvgIpc) is 2.85. The normalized spacial score (nSPS) is 10.7. The molecule has 1 aromatic heterocycles. The number of nitrogens with zero attached hydrogens (tertiary/aromatic N) is 2. The van der Waals surface area contributed by atoms with Crippen LogP contribution in [0.3, 0.4) is 0 Å². The SMILES string of the molecule is O=[N+]([O-])C=Cc1ccc(-c2cccc([N+](=O)[O-])c2)o1. The monoisotopic (exact) mass is 260 g/mol. The second kappa shape index (κ2) is 5.13. The van der Waals surface area contributed by atoms with E-state index in [9.17, 15) is 20.2 Å². The highest BCUT2D eigenvalue weighted by molar-refractivity contribution is 5.62. The minimum atomic E-state index is -0.602. The maximum Gasteiger partial charge on any atom is 0.270 e. The van der Waals surface area contributed by atoms with Gasteiger partial charge in [0.25, 0.3) is 5.69 Å². The molecule has 1 aromatic carbocycles. The van der Waals surface area contributed by atoms with Crippen molar-refractivity contribution >= 4 is 11.8 Å². The quantitative estimate of drug-likeness (QED) is 0.621. The Morgan fingerprint density at radius 3 is 2.58 bits per heavy atom. The summed E-state index contributed by atoms with van der Waals surface area (Å²) in [7, 11) is 0. The molecule has 0 unspecified atom stereocenters. The van der Waals surface area contributed by atoms with Gasteiger partial charge in [0, 0.05) is 17.7 Å². The highest BCUT2D eigenvalue weighted by Crippen LogP contribution is 2.26. The van der Waals surface area contributed by atoms with Crippen molar-refractivity contribution in [3.63, 3.8) is 0 Å². The van der Waals surface area contributed by atoms with Gasteiger partial charge in [-0.2, -0.15) is 0 Å². The molecular weight excluding hydrogens is 252 g/mol. The van der Waals surface area contributed by atoms with Crippen molar-refractivity contribution in [2.75, 3.05) is 0 Å². The van der Waals surface area contributed by atoms with Gasteiger partial charge in [0.1, 0.15) is 11.5 Å².